The Bertz CT molecular complexity index is 820. The third-order valence-corrected chi connectivity index (χ3v) is 4.79. The van der Waals surface area contributed by atoms with Gasteiger partial charge in [-0.05, 0) is 17.7 Å². The molecule has 0 spiro atoms. The summed E-state index contributed by atoms with van der Waals surface area (Å²) in [5, 5.41) is 1.24. The van der Waals surface area contributed by atoms with Crippen LogP contribution < -0.4 is 10.3 Å². The van der Waals surface area contributed by atoms with Gasteiger partial charge in [0.2, 0.25) is 5.88 Å². The van der Waals surface area contributed by atoms with E-state index in [2.05, 4.69) is 9.72 Å². The van der Waals surface area contributed by atoms with Crippen LogP contribution in [0.5, 0.6) is 5.88 Å². The molecule has 0 bridgehead atoms. The fraction of sp³-hybridized carbons (Fsp3) is 0.312. The SMILES string of the molecule is COC(=O)COc1nc2n(c(=O)c1Cc1ccc(Cl)cc1)CCS2. The van der Waals surface area contributed by atoms with Gasteiger partial charge in [0.1, 0.15) is 0 Å². The molecule has 0 amide bonds. The molecule has 0 radical (unpaired) electrons. The monoisotopic (exact) mass is 366 g/mol. The topological polar surface area (TPSA) is 70.4 Å². The highest BCUT2D eigenvalue weighted by Crippen LogP contribution is 2.26. The number of hydrogen-bond acceptors (Lipinski definition) is 6. The van der Waals surface area contributed by atoms with Crippen molar-refractivity contribution < 1.29 is 14.3 Å². The number of nitrogens with zero attached hydrogens (tertiary/aromatic N) is 2. The molecule has 0 N–H and O–H groups in total. The van der Waals surface area contributed by atoms with Crippen molar-refractivity contribution in [1.29, 1.82) is 0 Å². The van der Waals surface area contributed by atoms with Crippen molar-refractivity contribution in [2.24, 2.45) is 0 Å². The second kappa shape index (κ2) is 7.27. The van der Waals surface area contributed by atoms with Gasteiger partial charge in [-0.2, -0.15) is 4.98 Å². The van der Waals surface area contributed by atoms with E-state index in [0.717, 1.165) is 11.3 Å². The Morgan fingerprint density at radius 2 is 2.12 bits per heavy atom. The number of methoxy groups -OCH3 is 1. The van der Waals surface area contributed by atoms with Crippen LogP contribution in [0.2, 0.25) is 5.02 Å². The number of carbonyl (C=O) groups is 1. The standard InChI is InChI=1S/C16H15ClN2O4S/c1-22-13(20)9-23-14-12(8-10-2-4-11(17)5-3-10)15(21)19-6-7-24-16(19)18-14/h2-5H,6-9H2,1H3. The molecule has 2 aromatic rings. The number of rotatable bonds is 5. The number of esters is 1. The van der Waals surface area contributed by atoms with Crippen LogP contribution in [0, 0.1) is 0 Å². The number of aromatic nitrogens is 2. The number of ether oxygens (including phenoxy) is 2. The lowest BCUT2D eigenvalue weighted by atomic mass is 10.1. The van der Waals surface area contributed by atoms with Gasteiger partial charge in [-0.1, -0.05) is 35.5 Å². The Hall–Kier alpha value is -1.99. The molecule has 126 valence electrons. The molecular weight excluding hydrogens is 352 g/mol. The van der Waals surface area contributed by atoms with Crippen LogP contribution >= 0.6 is 23.4 Å². The molecule has 1 aliphatic rings. The van der Waals surface area contributed by atoms with E-state index in [0.29, 0.717) is 28.7 Å². The van der Waals surface area contributed by atoms with Crippen LogP contribution in [-0.4, -0.2) is 35.0 Å². The number of thioether (sulfide) groups is 1. The average Bonchev–Trinajstić information content (AvgIpc) is 3.06. The summed E-state index contributed by atoms with van der Waals surface area (Å²) in [5.74, 6) is 0.451. The number of benzene rings is 1. The zero-order chi connectivity index (χ0) is 17.1. The number of halogens is 1. The summed E-state index contributed by atoms with van der Waals surface area (Å²) < 4.78 is 11.7. The third kappa shape index (κ3) is 3.57. The summed E-state index contributed by atoms with van der Waals surface area (Å²) in [6.07, 6.45) is 0.352. The van der Waals surface area contributed by atoms with Gasteiger partial charge in [-0.15, -0.1) is 0 Å². The molecule has 8 heteroatoms. The van der Waals surface area contributed by atoms with Gasteiger partial charge in [-0.25, -0.2) is 4.79 Å². The highest BCUT2D eigenvalue weighted by molar-refractivity contribution is 7.99. The molecule has 0 aliphatic carbocycles. The molecule has 2 heterocycles. The number of carbonyl (C=O) groups excluding carboxylic acids is 1. The summed E-state index contributed by atoms with van der Waals surface area (Å²) >= 11 is 7.39. The lowest BCUT2D eigenvalue weighted by Crippen LogP contribution is -2.26. The second-order valence-corrected chi connectivity index (χ2v) is 6.65. The normalized spacial score (nSPS) is 12.8. The maximum Gasteiger partial charge on any atom is 0.343 e. The van der Waals surface area contributed by atoms with Crippen LogP contribution in [0.15, 0.2) is 34.2 Å². The Labute approximate surface area is 147 Å². The van der Waals surface area contributed by atoms with Crippen molar-refractivity contribution in [3.63, 3.8) is 0 Å². The second-order valence-electron chi connectivity index (χ2n) is 5.15. The van der Waals surface area contributed by atoms with E-state index in [1.807, 2.05) is 12.1 Å². The van der Waals surface area contributed by atoms with Crippen molar-refractivity contribution in [2.75, 3.05) is 19.5 Å². The van der Waals surface area contributed by atoms with Gasteiger partial charge in [0.15, 0.2) is 11.8 Å². The molecule has 1 aliphatic heterocycles. The molecule has 0 atom stereocenters. The van der Waals surface area contributed by atoms with E-state index < -0.39 is 5.97 Å². The lowest BCUT2D eigenvalue weighted by Gasteiger charge is -2.12. The molecule has 0 fully saturated rings. The molecule has 1 aromatic heterocycles. The maximum atomic E-state index is 12.8. The third-order valence-electron chi connectivity index (χ3n) is 3.58. The average molecular weight is 367 g/mol. The predicted octanol–water partition coefficient (Wildman–Crippen LogP) is 2.14. The van der Waals surface area contributed by atoms with Crippen LogP contribution in [0.4, 0.5) is 0 Å². The van der Waals surface area contributed by atoms with E-state index in [1.165, 1.54) is 18.9 Å². The summed E-state index contributed by atoms with van der Waals surface area (Å²) in [6.45, 7) is 0.335. The van der Waals surface area contributed by atoms with Crippen molar-refractivity contribution in [1.82, 2.24) is 9.55 Å². The molecule has 24 heavy (non-hydrogen) atoms. The minimum Gasteiger partial charge on any atom is -0.466 e. The van der Waals surface area contributed by atoms with Gasteiger partial charge in [0, 0.05) is 23.7 Å². The first-order valence-corrected chi connectivity index (χ1v) is 8.65. The zero-order valence-corrected chi connectivity index (χ0v) is 14.5. The summed E-state index contributed by atoms with van der Waals surface area (Å²) in [6, 6.07) is 7.22. The first-order chi connectivity index (χ1) is 11.6. The van der Waals surface area contributed by atoms with Crippen LogP contribution in [-0.2, 0) is 22.5 Å². The lowest BCUT2D eigenvalue weighted by molar-refractivity contribution is -0.143. The van der Waals surface area contributed by atoms with Crippen molar-refractivity contribution >= 4 is 29.3 Å². The van der Waals surface area contributed by atoms with Crippen molar-refractivity contribution in [3.8, 4) is 5.88 Å². The Balaban J connectivity index is 1.96. The van der Waals surface area contributed by atoms with E-state index >= 15 is 0 Å². The van der Waals surface area contributed by atoms with Crippen molar-refractivity contribution in [3.05, 3.63) is 50.8 Å². The molecule has 3 rings (SSSR count). The first kappa shape index (κ1) is 16.9. The Morgan fingerprint density at radius 3 is 2.83 bits per heavy atom. The Morgan fingerprint density at radius 1 is 1.38 bits per heavy atom. The highest BCUT2D eigenvalue weighted by atomic mass is 35.5. The van der Waals surface area contributed by atoms with Crippen LogP contribution in [0.25, 0.3) is 0 Å². The predicted molar refractivity (Wildman–Crippen MR) is 91.0 cm³/mol. The van der Waals surface area contributed by atoms with Gasteiger partial charge in [-0.3, -0.25) is 9.36 Å². The largest absolute Gasteiger partial charge is 0.466 e. The summed E-state index contributed by atoms with van der Waals surface area (Å²) in [5.41, 5.74) is 1.19. The molecular formula is C16H15ClN2O4S. The van der Waals surface area contributed by atoms with Gasteiger partial charge in [0.25, 0.3) is 5.56 Å². The smallest absolute Gasteiger partial charge is 0.343 e. The van der Waals surface area contributed by atoms with Gasteiger partial charge >= 0.3 is 5.97 Å². The van der Waals surface area contributed by atoms with Crippen LogP contribution in [0.3, 0.4) is 0 Å². The van der Waals surface area contributed by atoms with Gasteiger partial charge < -0.3 is 9.47 Å². The van der Waals surface area contributed by atoms with Crippen LogP contribution in [0.1, 0.15) is 11.1 Å². The molecule has 0 saturated heterocycles. The number of fused-ring (bicyclic) bond motifs is 1. The fourth-order valence-electron chi connectivity index (χ4n) is 2.35. The quantitative estimate of drug-likeness (QED) is 0.596. The van der Waals surface area contributed by atoms with E-state index in [9.17, 15) is 9.59 Å². The minimum atomic E-state index is -0.525. The van der Waals surface area contributed by atoms with Crippen molar-refractivity contribution in [2.45, 2.75) is 18.1 Å². The molecule has 6 nitrogen and oxygen atoms in total. The minimum absolute atomic E-state index is 0.139. The van der Waals surface area contributed by atoms with E-state index in [-0.39, 0.29) is 18.0 Å². The molecule has 0 saturated carbocycles. The highest BCUT2D eigenvalue weighted by Gasteiger charge is 2.22. The molecule has 1 aromatic carbocycles. The number of hydrogen-bond donors (Lipinski definition) is 0. The fourth-order valence-corrected chi connectivity index (χ4v) is 3.41. The Kier molecular flexibility index (Phi) is 5.11. The summed E-state index contributed by atoms with van der Waals surface area (Å²) in [4.78, 5) is 28.5. The summed E-state index contributed by atoms with van der Waals surface area (Å²) in [7, 11) is 1.28. The molecule has 0 unspecified atom stereocenters. The van der Waals surface area contributed by atoms with E-state index in [4.69, 9.17) is 16.3 Å². The maximum absolute atomic E-state index is 12.8. The van der Waals surface area contributed by atoms with E-state index in [1.54, 1.807) is 16.7 Å². The zero-order valence-electron chi connectivity index (χ0n) is 13.0. The first-order valence-electron chi connectivity index (χ1n) is 7.29. The van der Waals surface area contributed by atoms with Gasteiger partial charge in [0.05, 0.1) is 12.7 Å².